The van der Waals surface area contributed by atoms with Gasteiger partial charge in [0.05, 0.1) is 0 Å². The van der Waals surface area contributed by atoms with Crippen molar-refractivity contribution in [3.8, 4) is 0 Å². The normalized spacial score (nSPS) is 16.9. The van der Waals surface area contributed by atoms with Crippen LogP contribution in [0.5, 0.6) is 0 Å². The van der Waals surface area contributed by atoms with E-state index in [2.05, 4.69) is 17.9 Å². The molecule has 2 amide bonds. The van der Waals surface area contributed by atoms with Gasteiger partial charge >= 0.3 is 0 Å². The number of hydrogen-bond donors (Lipinski definition) is 3. The van der Waals surface area contributed by atoms with Gasteiger partial charge < -0.3 is 20.9 Å². The zero-order valence-corrected chi connectivity index (χ0v) is 22.3. The van der Waals surface area contributed by atoms with Crippen molar-refractivity contribution in [3.05, 3.63) is 77.9 Å². The number of carbonyl (C=O) groups is 2. The van der Waals surface area contributed by atoms with Crippen LogP contribution < -0.4 is 11.1 Å². The van der Waals surface area contributed by atoms with E-state index in [4.69, 9.17) is 5.73 Å². The second-order valence-corrected chi connectivity index (χ2v) is 10.5. The topological polar surface area (TPSA) is 78.7 Å². The summed E-state index contributed by atoms with van der Waals surface area (Å²) in [6.45, 7) is 2.24. The molecule has 1 aliphatic rings. The predicted molar refractivity (Wildman–Crippen MR) is 154 cm³/mol. The number of fused-ring (bicyclic) bond motifs is 1. The molecule has 6 nitrogen and oxygen atoms in total. The van der Waals surface area contributed by atoms with Crippen LogP contribution in [0.3, 0.4) is 0 Å². The number of benzene rings is 3. The third-order valence-corrected chi connectivity index (χ3v) is 7.68. The van der Waals surface area contributed by atoms with Crippen molar-refractivity contribution in [3.63, 3.8) is 0 Å². The maximum absolute atomic E-state index is 13.8. The third-order valence-electron chi connectivity index (χ3n) is 6.57. The fraction of sp³-hybridized carbons (Fsp3) is 0.357. The molecule has 0 bridgehead atoms. The molecule has 1 heterocycles. The second kappa shape index (κ2) is 12.5. The lowest BCUT2D eigenvalue weighted by Gasteiger charge is -2.41. The Bertz CT molecular complexity index is 1190. The molecule has 0 spiro atoms. The minimum atomic E-state index is -0.457. The van der Waals surface area contributed by atoms with Crippen LogP contribution in [-0.2, 0) is 11.3 Å². The van der Waals surface area contributed by atoms with Crippen LogP contribution in [0.15, 0.2) is 66.7 Å². The van der Waals surface area contributed by atoms with E-state index in [0.717, 1.165) is 27.8 Å². The molecular weight excluding hydrogens is 488 g/mol. The van der Waals surface area contributed by atoms with Gasteiger partial charge in [0.15, 0.2) is 0 Å². The molecule has 4 rings (SSSR count). The SMILES string of the molecule is CSCC[C@H]1C(=O)N(Cc2ccccc2)CCN1C(=O)c1cccc2cc(NC[C@@H](N)CS)ccc12. The van der Waals surface area contributed by atoms with Gasteiger partial charge in [0, 0.05) is 49.2 Å². The third kappa shape index (κ3) is 6.17. The van der Waals surface area contributed by atoms with Gasteiger partial charge in [0.2, 0.25) is 5.91 Å². The molecule has 1 aliphatic heterocycles. The Kier molecular flexibility index (Phi) is 9.18. The van der Waals surface area contributed by atoms with E-state index >= 15 is 0 Å². The van der Waals surface area contributed by atoms with E-state index < -0.39 is 6.04 Å². The monoisotopic (exact) mass is 522 g/mol. The molecule has 0 saturated carbocycles. The molecule has 1 saturated heterocycles. The average molecular weight is 523 g/mol. The summed E-state index contributed by atoms with van der Waals surface area (Å²) in [5.41, 5.74) is 8.65. The Balaban J connectivity index is 1.56. The van der Waals surface area contributed by atoms with Crippen LogP contribution in [0, 0.1) is 0 Å². The first-order chi connectivity index (χ1) is 17.5. The summed E-state index contributed by atoms with van der Waals surface area (Å²) in [5, 5.41) is 5.19. The molecule has 3 aromatic carbocycles. The molecular formula is C28H34N4O2S2. The van der Waals surface area contributed by atoms with Crippen molar-refractivity contribution in [1.82, 2.24) is 9.80 Å². The molecule has 36 heavy (non-hydrogen) atoms. The smallest absolute Gasteiger partial charge is 0.255 e. The minimum absolute atomic E-state index is 0.0276. The van der Waals surface area contributed by atoms with Crippen molar-refractivity contribution in [2.75, 3.05) is 42.7 Å². The maximum Gasteiger partial charge on any atom is 0.255 e. The first-order valence-corrected chi connectivity index (χ1v) is 14.3. The number of nitrogens with two attached hydrogens (primary N) is 1. The van der Waals surface area contributed by atoms with Crippen molar-refractivity contribution in [2.24, 2.45) is 5.73 Å². The lowest BCUT2D eigenvalue weighted by molar-refractivity contribution is -0.141. The molecule has 8 heteroatoms. The summed E-state index contributed by atoms with van der Waals surface area (Å²) in [6.07, 6.45) is 2.67. The first-order valence-electron chi connectivity index (χ1n) is 12.3. The van der Waals surface area contributed by atoms with Gasteiger partial charge in [0.25, 0.3) is 5.91 Å². The number of thiol groups is 1. The Hall–Kier alpha value is -2.68. The number of nitrogens with zero attached hydrogens (tertiary/aromatic N) is 2. The largest absolute Gasteiger partial charge is 0.383 e. The molecule has 0 unspecified atom stereocenters. The lowest BCUT2D eigenvalue weighted by atomic mass is 10.00. The number of amides is 2. The number of rotatable bonds is 10. The quantitative estimate of drug-likeness (QED) is 0.349. The molecule has 3 N–H and O–H groups in total. The van der Waals surface area contributed by atoms with E-state index in [-0.39, 0.29) is 17.9 Å². The fourth-order valence-corrected chi connectivity index (χ4v) is 5.19. The van der Waals surface area contributed by atoms with E-state index in [9.17, 15) is 9.59 Å². The zero-order chi connectivity index (χ0) is 25.5. The van der Waals surface area contributed by atoms with Gasteiger partial charge in [-0.1, -0.05) is 48.5 Å². The highest BCUT2D eigenvalue weighted by atomic mass is 32.2. The Labute approximate surface area is 223 Å². The minimum Gasteiger partial charge on any atom is -0.383 e. The number of anilines is 1. The van der Waals surface area contributed by atoms with Gasteiger partial charge in [-0.3, -0.25) is 9.59 Å². The van der Waals surface area contributed by atoms with Crippen LogP contribution in [-0.4, -0.2) is 71.1 Å². The summed E-state index contributed by atoms with van der Waals surface area (Å²) < 4.78 is 0. The van der Waals surface area contributed by atoms with Crippen LogP contribution >= 0.6 is 24.4 Å². The van der Waals surface area contributed by atoms with Crippen molar-refractivity contribution >= 4 is 52.7 Å². The summed E-state index contributed by atoms with van der Waals surface area (Å²) in [5.74, 6) is 1.36. The van der Waals surface area contributed by atoms with Crippen LogP contribution in [0.25, 0.3) is 10.8 Å². The number of piperazine rings is 1. The molecule has 3 aromatic rings. The first kappa shape index (κ1) is 26.4. The van der Waals surface area contributed by atoms with Gasteiger partial charge in [-0.15, -0.1) is 0 Å². The van der Waals surface area contributed by atoms with Crippen molar-refractivity contribution in [1.29, 1.82) is 0 Å². The van der Waals surface area contributed by atoms with E-state index in [0.29, 0.717) is 43.9 Å². The summed E-state index contributed by atoms with van der Waals surface area (Å²) in [6, 6.07) is 21.3. The molecule has 190 valence electrons. The zero-order valence-electron chi connectivity index (χ0n) is 20.6. The molecule has 0 radical (unpaired) electrons. The highest BCUT2D eigenvalue weighted by Crippen LogP contribution is 2.27. The Morgan fingerprint density at radius 1 is 1.14 bits per heavy atom. The van der Waals surface area contributed by atoms with Gasteiger partial charge in [-0.05, 0) is 53.0 Å². The van der Waals surface area contributed by atoms with Crippen LogP contribution in [0.2, 0.25) is 0 Å². The lowest BCUT2D eigenvalue weighted by Crippen LogP contribution is -2.58. The molecule has 0 aliphatic carbocycles. The summed E-state index contributed by atoms with van der Waals surface area (Å²) in [4.78, 5) is 31.1. The summed E-state index contributed by atoms with van der Waals surface area (Å²) >= 11 is 5.93. The fourth-order valence-electron chi connectivity index (χ4n) is 4.60. The molecule has 2 atom stereocenters. The average Bonchev–Trinajstić information content (AvgIpc) is 2.91. The molecule has 0 aromatic heterocycles. The standard InChI is InChI=1S/C28H34N4O2S2/c1-36-15-12-26-28(34)31(18-20-6-3-2-4-7-20)13-14-32(26)27(33)25-9-5-8-21-16-23(10-11-24(21)25)30-17-22(29)19-35/h2-11,16,22,26,30,35H,12-15,17-19,29H2,1H3/t22-,26+/m1/s1. The highest BCUT2D eigenvalue weighted by molar-refractivity contribution is 7.98. The second-order valence-electron chi connectivity index (χ2n) is 9.11. The predicted octanol–water partition coefficient (Wildman–Crippen LogP) is 4.12. The maximum atomic E-state index is 13.8. The van der Waals surface area contributed by atoms with Crippen molar-refractivity contribution < 1.29 is 9.59 Å². The van der Waals surface area contributed by atoms with Crippen molar-refractivity contribution in [2.45, 2.75) is 25.0 Å². The van der Waals surface area contributed by atoms with E-state index in [1.807, 2.05) is 77.9 Å². The van der Waals surface area contributed by atoms with E-state index in [1.54, 1.807) is 16.7 Å². The Morgan fingerprint density at radius 3 is 2.69 bits per heavy atom. The van der Waals surface area contributed by atoms with Gasteiger partial charge in [0.1, 0.15) is 6.04 Å². The van der Waals surface area contributed by atoms with Crippen LogP contribution in [0.1, 0.15) is 22.3 Å². The summed E-state index contributed by atoms with van der Waals surface area (Å²) in [7, 11) is 0. The highest BCUT2D eigenvalue weighted by Gasteiger charge is 2.37. The number of carbonyl (C=O) groups excluding carboxylic acids is 2. The number of nitrogens with one attached hydrogen (secondary N) is 1. The number of thioether (sulfide) groups is 1. The number of hydrogen-bond acceptors (Lipinski definition) is 6. The Morgan fingerprint density at radius 2 is 1.94 bits per heavy atom. The van der Waals surface area contributed by atoms with Crippen LogP contribution in [0.4, 0.5) is 5.69 Å². The van der Waals surface area contributed by atoms with Gasteiger partial charge in [-0.2, -0.15) is 24.4 Å². The molecule has 1 fully saturated rings. The van der Waals surface area contributed by atoms with Gasteiger partial charge in [-0.25, -0.2) is 0 Å². The van der Waals surface area contributed by atoms with E-state index in [1.165, 1.54) is 0 Å².